The Morgan fingerprint density at radius 1 is 1.08 bits per heavy atom. The van der Waals surface area contributed by atoms with Gasteiger partial charge in [-0.2, -0.15) is 4.98 Å². The predicted molar refractivity (Wildman–Crippen MR) is 152 cm³/mol. The quantitative estimate of drug-likeness (QED) is 0.381. The number of fused-ring (bicyclic) bond motifs is 1. The van der Waals surface area contributed by atoms with Crippen molar-refractivity contribution in [2.24, 2.45) is 0 Å². The molecule has 1 aliphatic heterocycles. The van der Waals surface area contributed by atoms with E-state index < -0.39 is 0 Å². The number of ether oxygens (including phenoxy) is 1. The summed E-state index contributed by atoms with van der Waals surface area (Å²) in [4.78, 5) is 14.1. The Hall–Kier alpha value is -2.57. The molecule has 0 spiro atoms. The summed E-state index contributed by atoms with van der Waals surface area (Å²) >= 11 is 0. The molecule has 7 nitrogen and oxygen atoms in total. The summed E-state index contributed by atoms with van der Waals surface area (Å²) < 4.78 is 6.40. The molecule has 2 atom stereocenters. The van der Waals surface area contributed by atoms with Gasteiger partial charge in [-0.15, -0.1) is 0 Å². The van der Waals surface area contributed by atoms with Gasteiger partial charge in [-0.25, -0.2) is 4.98 Å². The fourth-order valence-electron chi connectivity index (χ4n) is 4.40. The van der Waals surface area contributed by atoms with E-state index in [2.05, 4.69) is 94.0 Å². The van der Waals surface area contributed by atoms with E-state index in [0.29, 0.717) is 21.1 Å². The molecule has 0 fully saturated rings. The van der Waals surface area contributed by atoms with Crippen LogP contribution in [0.2, 0.25) is 0 Å². The molecule has 2 heterocycles. The molecule has 0 bridgehead atoms. The van der Waals surface area contributed by atoms with Gasteiger partial charge in [0.1, 0.15) is 5.82 Å². The number of rotatable bonds is 11. The molecule has 2 aromatic carbocycles. The zero-order valence-corrected chi connectivity index (χ0v) is 22.7. The molecule has 4 rings (SSSR count). The van der Waals surface area contributed by atoms with E-state index in [1.165, 1.54) is 22.0 Å². The van der Waals surface area contributed by atoms with Crippen molar-refractivity contribution in [3.8, 4) is 0 Å². The molecular weight excluding hydrogens is 467 g/mol. The maximum atomic E-state index is 6.40. The molecule has 1 aromatic heterocycles. The van der Waals surface area contributed by atoms with Crippen molar-refractivity contribution in [2.45, 2.75) is 32.6 Å². The van der Waals surface area contributed by atoms with Gasteiger partial charge in [0, 0.05) is 51.0 Å². The maximum absolute atomic E-state index is 6.40. The molecule has 0 amide bonds. The first kappa shape index (κ1) is 26.5. The van der Waals surface area contributed by atoms with Crippen LogP contribution in [-0.4, -0.2) is 61.4 Å². The van der Waals surface area contributed by atoms with Gasteiger partial charge in [-0.3, -0.25) is 4.90 Å². The molecular formula is C28H39N6OP. The Bertz CT molecular complexity index is 1080. The number of benzene rings is 2. The van der Waals surface area contributed by atoms with Crippen LogP contribution < -0.4 is 20.8 Å². The van der Waals surface area contributed by atoms with Crippen LogP contribution in [0.5, 0.6) is 0 Å². The largest absolute Gasteiger partial charge is 0.369 e. The first-order chi connectivity index (χ1) is 17.7. The summed E-state index contributed by atoms with van der Waals surface area (Å²) in [6.45, 7) is 7.30. The third-order valence-corrected chi connectivity index (χ3v) is 7.73. The zero-order chi connectivity index (χ0) is 25.2. The van der Waals surface area contributed by atoms with Crippen molar-refractivity contribution < 1.29 is 4.74 Å². The second-order valence-electron chi connectivity index (χ2n) is 9.19. The van der Waals surface area contributed by atoms with Crippen LogP contribution in [0.4, 0.5) is 11.8 Å². The second-order valence-corrected chi connectivity index (χ2v) is 10.4. The van der Waals surface area contributed by atoms with Crippen LogP contribution in [-0.2, 0) is 17.9 Å². The van der Waals surface area contributed by atoms with Gasteiger partial charge < -0.3 is 20.3 Å². The van der Waals surface area contributed by atoms with Gasteiger partial charge in [0.2, 0.25) is 5.95 Å². The molecule has 1 aliphatic rings. The fourth-order valence-corrected chi connectivity index (χ4v) is 5.63. The van der Waals surface area contributed by atoms with Crippen molar-refractivity contribution in [2.75, 3.05) is 56.8 Å². The van der Waals surface area contributed by atoms with E-state index in [9.17, 15) is 0 Å². The minimum absolute atomic E-state index is 0.0868. The van der Waals surface area contributed by atoms with Crippen molar-refractivity contribution in [3.63, 3.8) is 0 Å². The highest BCUT2D eigenvalue weighted by Gasteiger charge is 2.18. The van der Waals surface area contributed by atoms with E-state index in [4.69, 9.17) is 9.72 Å². The molecule has 192 valence electrons. The van der Waals surface area contributed by atoms with Crippen LogP contribution in [0, 0.1) is 0 Å². The Balaban J connectivity index is 1.37. The summed E-state index contributed by atoms with van der Waals surface area (Å²) in [6, 6.07) is 19.4. The summed E-state index contributed by atoms with van der Waals surface area (Å²) in [5.41, 5.74) is 3.78. The first-order valence-electron chi connectivity index (χ1n) is 12.8. The molecule has 3 aromatic rings. The molecule has 0 aliphatic carbocycles. The topological polar surface area (TPSA) is 65.6 Å². The predicted octanol–water partition coefficient (Wildman–Crippen LogP) is 3.99. The Kier molecular flexibility index (Phi) is 10.1. The van der Waals surface area contributed by atoms with Crippen LogP contribution in [0.15, 0.2) is 60.8 Å². The Morgan fingerprint density at radius 3 is 2.72 bits per heavy atom. The Morgan fingerprint density at radius 2 is 1.92 bits per heavy atom. The first-order valence-corrected chi connectivity index (χ1v) is 14.0. The standard InChI is InChI=1S/C28H39N6OP/c1-4-30-28-31-18-26-27(32-28)33(3)15-16-34(21-36-26)19-22-9-8-10-23(17-22)20-35-25(13-14-29-2)24-11-6-5-7-12-24/h5-12,17-18,25,29,36H,4,13-16,19-21H2,1-3H3,(H,30,31,32). The van der Waals surface area contributed by atoms with E-state index in [0.717, 1.165) is 51.2 Å². The van der Waals surface area contributed by atoms with E-state index in [-0.39, 0.29) is 6.10 Å². The zero-order valence-electron chi connectivity index (χ0n) is 21.7. The summed E-state index contributed by atoms with van der Waals surface area (Å²) in [7, 11) is 4.77. The highest BCUT2D eigenvalue weighted by Crippen LogP contribution is 2.25. The average molecular weight is 507 g/mol. The van der Waals surface area contributed by atoms with Gasteiger partial charge >= 0.3 is 0 Å². The molecule has 2 N–H and O–H groups in total. The van der Waals surface area contributed by atoms with Crippen LogP contribution in [0.1, 0.15) is 36.1 Å². The van der Waals surface area contributed by atoms with E-state index in [1.54, 1.807) is 0 Å². The minimum Gasteiger partial charge on any atom is -0.369 e. The molecule has 36 heavy (non-hydrogen) atoms. The van der Waals surface area contributed by atoms with E-state index >= 15 is 0 Å². The number of hydrogen-bond acceptors (Lipinski definition) is 7. The summed E-state index contributed by atoms with van der Waals surface area (Å²) in [5.74, 6) is 1.77. The highest BCUT2D eigenvalue weighted by molar-refractivity contribution is 7.47. The smallest absolute Gasteiger partial charge is 0.224 e. The van der Waals surface area contributed by atoms with Crippen LogP contribution in [0.25, 0.3) is 0 Å². The van der Waals surface area contributed by atoms with Crippen molar-refractivity contribution in [1.29, 1.82) is 0 Å². The SMILES string of the molecule is CCNc1ncc2c(n1)N(C)CCN(Cc1cccc(COC(CCNC)c3ccccc3)c1)CP2. The number of hydrogen-bond donors (Lipinski definition) is 2. The molecule has 2 unspecified atom stereocenters. The van der Waals surface area contributed by atoms with Crippen molar-refractivity contribution >= 4 is 25.7 Å². The highest BCUT2D eigenvalue weighted by atomic mass is 31.1. The number of likely N-dealkylation sites (N-methyl/N-ethyl adjacent to an activating group) is 1. The van der Waals surface area contributed by atoms with Gasteiger partial charge in [-0.05, 0) is 43.6 Å². The molecule has 0 radical (unpaired) electrons. The third kappa shape index (κ3) is 7.47. The maximum Gasteiger partial charge on any atom is 0.224 e. The second kappa shape index (κ2) is 13.7. The molecule has 0 saturated carbocycles. The average Bonchev–Trinajstić information content (AvgIpc) is 2.90. The number of nitrogens with zero attached hydrogens (tertiary/aromatic N) is 4. The van der Waals surface area contributed by atoms with Gasteiger partial charge in [0.15, 0.2) is 0 Å². The summed E-state index contributed by atoms with van der Waals surface area (Å²) in [6.07, 6.45) is 4.05. The van der Waals surface area contributed by atoms with Crippen molar-refractivity contribution in [3.05, 3.63) is 77.5 Å². The number of nitrogens with one attached hydrogen (secondary N) is 2. The number of aromatic nitrogens is 2. The lowest BCUT2D eigenvalue weighted by Crippen LogP contribution is -2.37. The summed E-state index contributed by atoms with van der Waals surface area (Å²) in [5, 5.41) is 7.71. The molecule has 0 saturated heterocycles. The Labute approximate surface area is 217 Å². The van der Waals surface area contributed by atoms with Crippen molar-refractivity contribution in [1.82, 2.24) is 20.2 Å². The van der Waals surface area contributed by atoms with Gasteiger partial charge in [-0.1, -0.05) is 63.2 Å². The molecule has 8 heteroatoms. The fraction of sp³-hybridized carbons (Fsp3) is 0.429. The number of anilines is 2. The van der Waals surface area contributed by atoms with Crippen LogP contribution >= 0.6 is 8.58 Å². The third-order valence-electron chi connectivity index (χ3n) is 6.39. The van der Waals surface area contributed by atoms with E-state index in [1.807, 2.05) is 13.2 Å². The lowest BCUT2D eigenvalue weighted by atomic mass is 10.1. The minimum atomic E-state index is 0.0868. The van der Waals surface area contributed by atoms with Gasteiger partial charge in [0.05, 0.1) is 12.7 Å². The normalized spacial score (nSPS) is 15.8. The lowest BCUT2D eigenvalue weighted by molar-refractivity contribution is 0.0343. The van der Waals surface area contributed by atoms with Gasteiger partial charge in [0.25, 0.3) is 0 Å². The van der Waals surface area contributed by atoms with Crippen LogP contribution in [0.3, 0.4) is 0 Å². The monoisotopic (exact) mass is 506 g/mol. The lowest BCUT2D eigenvalue weighted by Gasteiger charge is -2.30.